The van der Waals surface area contributed by atoms with Crippen LogP contribution in [0, 0.1) is 0 Å². The van der Waals surface area contributed by atoms with Crippen molar-refractivity contribution < 1.29 is 27.5 Å². The molecular weight excluding hydrogens is 477 g/mol. The Balaban J connectivity index is 1.16. The molecule has 0 spiro atoms. The van der Waals surface area contributed by atoms with Crippen LogP contribution in [0.4, 0.5) is 18.0 Å². The number of rotatable bonds is 6. The molecular formula is C24H31F3N6O3. The van der Waals surface area contributed by atoms with Gasteiger partial charge in [-0.2, -0.15) is 13.2 Å². The number of ether oxygens (including phenoxy) is 1. The summed E-state index contributed by atoms with van der Waals surface area (Å²) in [6.45, 7) is 3.76. The van der Waals surface area contributed by atoms with E-state index in [1.54, 1.807) is 17.4 Å². The van der Waals surface area contributed by atoms with Gasteiger partial charge >= 0.3 is 12.3 Å². The first-order valence-corrected chi connectivity index (χ1v) is 12.0. The predicted molar refractivity (Wildman–Crippen MR) is 125 cm³/mol. The maximum absolute atomic E-state index is 12.7. The first kappa shape index (κ1) is 26.0. The number of hydrogen-bond acceptors (Lipinski definition) is 6. The van der Waals surface area contributed by atoms with Crippen molar-refractivity contribution in [3.63, 3.8) is 0 Å². The van der Waals surface area contributed by atoms with Gasteiger partial charge in [-0.15, -0.1) is 0 Å². The fraction of sp³-hybridized carbons (Fsp3) is 0.542. The van der Waals surface area contributed by atoms with Gasteiger partial charge in [-0.3, -0.25) is 9.69 Å². The number of amides is 2. The zero-order chi connectivity index (χ0) is 25.7. The monoisotopic (exact) mass is 508 g/mol. The molecule has 1 atom stereocenters. The Hall–Kier alpha value is -3.12. The molecule has 36 heavy (non-hydrogen) atoms. The molecule has 2 fully saturated rings. The van der Waals surface area contributed by atoms with Crippen LogP contribution in [0.25, 0.3) is 0 Å². The van der Waals surface area contributed by atoms with Crippen molar-refractivity contribution in [2.75, 3.05) is 39.3 Å². The van der Waals surface area contributed by atoms with E-state index in [0.29, 0.717) is 44.2 Å². The minimum Gasteiger partial charge on any atom is -0.445 e. The molecule has 0 saturated carbocycles. The molecule has 2 aliphatic heterocycles. The second kappa shape index (κ2) is 11.3. The summed E-state index contributed by atoms with van der Waals surface area (Å²) >= 11 is 0. The fourth-order valence-corrected chi connectivity index (χ4v) is 4.70. The summed E-state index contributed by atoms with van der Waals surface area (Å²) in [7, 11) is 0. The third-order valence-corrected chi connectivity index (χ3v) is 6.82. The Labute approximate surface area is 207 Å². The Kier molecular flexibility index (Phi) is 8.14. The zero-order valence-corrected chi connectivity index (χ0v) is 19.9. The molecule has 196 valence electrons. The molecule has 1 aromatic carbocycles. The summed E-state index contributed by atoms with van der Waals surface area (Å²) in [5.41, 5.74) is 6.70. The number of nitrogens with one attached hydrogen (secondary N) is 1. The average molecular weight is 509 g/mol. The Bertz CT molecular complexity index is 999. The van der Waals surface area contributed by atoms with Crippen LogP contribution in [-0.2, 0) is 28.7 Å². The number of H-pyrrole nitrogens is 1. The number of piperidine rings is 1. The van der Waals surface area contributed by atoms with Gasteiger partial charge in [0.1, 0.15) is 6.61 Å². The van der Waals surface area contributed by atoms with E-state index in [4.69, 9.17) is 10.5 Å². The second-order valence-electron chi connectivity index (χ2n) is 9.22. The topological polar surface area (TPSA) is 108 Å². The molecule has 9 nitrogen and oxygen atoms in total. The van der Waals surface area contributed by atoms with E-state index < -0.39 is 23.9 Å². The van der Waals surface area contributed by atoms with Crippen molar-refractivity contribution >= 4 is 12.0 Å². The van der Waals surface area contributed by atoms with Crippen LogP contribution in [0.3, 0.4) is 0 Å². The zero-order valence-electron chi connectivity index (χ0n) is 19.9. The molecule has 2 aliphatic rings. The number of alkyl halides is 3. The van der Waals surface area contributed by atoms with Gasteiger partial charge in [-0.25, -0.2) is 9.78 Å². The number of hydrogen-bond donors (Lipinski definition) is 2. The number of halogens is 3. The summed E-state index contributed by atoms with van der Waals surface area (Å²) in [5, 5.41) is 0. The lowest BCUT2D eigenvalue weighted by atomic mass is 10.0. The third kappa shape index (κ3) is 6.55. The molecule has 2 amide bonds. The molecule has 3 N–H and O–H groups in total. The van der Waals surface area contributed by atoms with Gasteiger partial charge in [0.2, 0.25) is 5.91 Å². The molecule has 0 aliphatic carbocycles. The minimum absolute atomic E-state index is 0.0603. The number of aromatic amines is 1. The maximum Gasteiger partial charge on any atom is 0.416 e. The normalized spacial score (nSPS) is 18.8. The molecule has 4 rings (SSSR count). The van der Waals surface area contributed by atoms with Crippen LogP contribution in [-0.4, -0.2) is 88.0 Å². The van der Waals surface area contributed by atoms with E-state index in [-0.39, 0.29) is 12.5 Å². The van der Waals surface area contributed by atoms with E-state index in [1.165, 1.54) is 12.1 Å². The summed E-state index contributed by atoms with van der Waals surface area (Å²) < 4.78 is 43.3. The van der Waals surface area contributed by atoms with Gasteiger partial charge in [-0.05, 0) is 30.5 Å². The molecule has 12 heteroatoms. The van der Waals surface area contributed by atoms with Crippen LogP contribution < -0.4 is 5.73 Å². The maximum atomic E-state index is 12.7. The van der Waals surface area contributed by atoms with Gasteiger partial charge in [0.25, 0.3) is 0 Å². The SMILES string of the molecule is N[C@@H](Cc1cnc[nH]1)C(=O)N1CCN(C2CCN(C(=O)OCc3ccc(C(F)(F)F)cc3)CC2)CC1. The first-order valence-electron chi connectivity index (χ1n) is 12.0. The van der Waals surface area contributed by atoms with Crippen molar-refractivity contribution in [3.8, 4) is 0 Å². The lowest BCUT2D eigenvalue weighted by molar-refractivity contribution is -0.137. The lowest BCUT2D eigenvalue weighted by Gasteiger charge is -2.42. The third-order valence-electron chi connectivity index (χ3n) is 6.82. The quantitative estimate of drug-likeness (QED) is 0.620. The number of piperazine rings is 1. The van der Waals surface area contributed by atoms with E-state index in [2.05, 4.69) is 14.9 Å². The molecule has 2 saturated heterocycles. The fourth-order valence-electron chi connectivity index (χ4n) is 4.70. The van der Waals surface area contributed by atoms with Crippen LogP contribution in [0.1, 0.15) is 29.7 Å². The van der Waals surface area contributed by atoms with Crippen LogP contribution in [0.2, 0.25) is 0 Å². The molecule has 3 heterocycles. The summed E-state index contributed by atoms with van der Waals surface area (Å²) in [6.07, 6.45) is 0.389. The smallest absolute Gasteiger partial charge is 0.416 e. The van der Waals surface area contributed by atoms with E-state index >= 15 is 0 Å². The van der Waals surface area contributed by atoms with Crippen LogP contribution in [0.5, 0.6) is 0 Å². The van der Waals surface area contributed by atoms with Crippen molar-refractivity contribution in [3.05, 3.63) is 53.6 Å². The van der Waals surface area contributed by atoms with E-state index in [1.807, 2.05) is 4.90 Å². The summed E-state index contributed by atoms with van der Waals surface area (Å²) in [5.74, 6) is -0.0603. The molecule has 2 aromatic rings. The van der Waals surface area contributed by atoms with Gasteiger partial charge in [-0.1, -0.05) is 12.1 Å². The van der Waals surface area contributed by atoms with Crippen molar-refractivity contribution in [2.24, 2.45) is 5.73 Å². The van der Waals surface area contributed by atoms with Gasteiger partial charge in [0.05, 0.1) is 17.9 Å². The number of benzene rings is 1. The second-order valence-corrected chi connectivity index (χ2v) is 9.22. The Morgan fingerprint density at radius 3 is 2.31 bits per heavy atom. The highest BCUT2D eigenvalue weighted by Gasteiger charge is 2.32. The highest BCUT2D eigenvalue weighted by molar-refractivity contribution is 5.82. The molecule has 1 aromatic heterocycles. The standard InChI is InChI=1S/C24H31F3N6O3/c25-24(26,27)18-3-1-17(2-4-18)15-36-23(35)33-7-5-20(6-8-33)31-9-11-32(12-10-31)22(34)21(28)13-19-14-29-16-30-19/h1-4,14,16,20-21H,5-13,15,28H2,(H,29,30)/t21-/m0/s1. The van der Waals surface area contributed by atoms with E-state index in [9.17, 15) is 22.8 Å². The van der Waals surface area contributed by atoms with Crippen molar-refractivity contribution in [1.29, 1.82) is 0 Å². The van der Waals surface area contributed by atoms with Crippen molar-refractivity contribution in [1.82, 2.24) is 24.7 Å². The lowest BCUT2D eigenvalue weighted by Crippen LogP contribution is -2.57. The number of likely N-dealkylation sites (tertiary alicyclic amines) is 1. The minimum atomic E-state index is -4.39. The van der Waals surface area contributed by atoms with Gasteiger partial charge < -0.3 is 25.3 Å². The van der Waals surface area contributed by atoms with E-state index in [0.717, 1.165) is 43.8 Å². The van der Waals surface area contributed by atoms with Crippen molar-refractivity contribution in [2.45, 2.75) is 44.1 Å². The molecule has 0 radical (unpaired) electrons. The van der Waals surface area contributed by atoms with Crippen LogP contribution >= 0.6 is 0 Å². The predicted octanol–water partition coefficient (Wildman–Crippen LogP) is 2.24. The number of imidazole rings is 1. The summed E-state index contributed by atoms with van der Waals surface area (Å²) in [6, 6.07) is 4.31. The Morgan fingerprint density at radius 1 is 1.06 bits per heavy atom. The number of aromatic nitrogens is 2. The van der Waals surface area contributed by atoms with Gasteiger partial charge in [0.15, 0.2) is 0 Å². The Morgan fingerprint density at radius 2 is 1.72 bits per heavy atom. The molecule has 0 unspecified atom stereocenters. The van der Waals surface area contributed by atoms with Gasteiger partial charge in [0, 0.05) is 63.6 Å². The summed E-state index contributed by atoms with van der Waals surface area (Å²) in [4.78, 5) is 37.8. The first-order chi connectivity index (χ1) is 17.2. The number of nitrogens with zero attached hydrogens (tertiary/aromatic N) is 4. The number of nitrogens with two attached hydrogens (primary N) is 1. The molecule has 0 bridgehead atoms. The average Bonchev–Trinajstić information content (AvgIpc) is 3.40. The highest BCUT2D eigenvalue weighted by Crippen LogP contribution is 2.29. The number of carbonyl (C=O) groups is 2. The number of carbonyl (C=O) groups excluding carboxylic acids is 2. The highest BCUT2D eigenvalue weighted by atomic mass is 19.4. The largest absolute Gasteiger partial charge is 0.445 e. The van der Waals surface area contributed by atoms with Crippen LogP contribution in [0.15, 0.2) is 36.8 Å².